The summed E-state index contributed by atoms with van der Waals surface area (Å²) in [7, 11) is 0. The number of aromatic nitrogens is 1. The summed E-state index contributed by atoms with van der Waals surface area (Å²) in [4.78, 5) is 17.0. The number of nitrogens with zero attached hydrogens (tertiary/aromatic N) is 1. The van der Waals surface area contributed by atoms with Crippen LogP contribution in [0.25, 0.3) is 0 Å². The van der Waals surface area contributed by atoms with Gasteiger partial charge in [-0.3, -0.25) is 4.79 Å². The zero-order valence-electron chi connectivity index (χ0n) is 19.0. The van der Waals surface area contributed by atoms with Gasteiger partial charge in [0.05, 0.1) is 5.60 Å². The Hall–Kier alpha value is -3.85. The summed E-state index contributed by atoms with van der Waals surface area (Å²) < 4.78 is 36.6. The summed E-state index contributed by atoms with van der Waals surface area (Å²) in [5.74, 6) is 0.957. The number of pyridine rings is 1. The molecule has 0 radical (unpaired) electrons. The van der Waals surface area contributed by atoms with E-state index in [9.17, 15) is 14.3 Å². The molecular weight excluding hydrogens is 443 g/mol. The third kappa shape index (κ3) is 5.37. The summed E-state index contributed by atoms with van der Waals surface area (Å²) >= 11 is 0. The number of hydrogen-bond acceptors (Lipinski definition) is 7. The predicted molar refractivity (Wildman–Crippen MR) is 121 cm³/mol. The number of amides is 1. The van der Waals surface area contributed by atoms with Crippen LogP contribution in [0.1, 0.15) is 36.7 Å². The number of hydrogen-bond donors (Lipinski definition) is 2. The Morgan fingerprint density at radius 2 is 1.94 bits per heavy atom. The molecular formula is C25H25FN2O6. The van der Waals surface area contributed by atoms with E-state index in [0.29, 0.717) is 17.2 Å². The number of carbonyl (C=O) groups excluding carboxylic acids is 1. The SMILES string of the molecule is C[C@@H](Oc1ccc(CNC(=O)c2cccnc2Oc2ccc3c(c2)OCO3)c(F)c1)C(C)(C)O. The third-order valence-corrected chi connectivity index (χ3v) is 5.35. The highest BCUT2D eigenvalue weighted by atomic mass is 19.1. The lowest BCUT2D eigenvalue weighted by molar-refractivity contribution is -0.0242. The fraction of sp³-hybridized carbons (Fsp3) is 0.280. The summed E-state index contributed by atoms with van der Waals surface area (Å²) in [6.45, 7) is 5.01. The highest BCUT2D eigenvalue weighted by Crippen LogP contribution is 2.36. The molecule has 2 aromatic carbocycles. The molecule has 34 heavy (non-hydrogen) atoms. The molecule has 0 fully saturated rings. The van der Waals surface area contributed by atoms with E-state index in [1.807, 2.05) is 0 Å². The Morgan fingerprint density at radius 1 is 1.18 bits per heavy atom. The van der Waals surface area contributed by atoms with Crippen LogP contribution in [0.15, 0.2) is 54.7 Å². The van der Waals surface area contributed by atoms with E-state index in [4.69, 9.17) is 18.9 Å². The molecule has 4 rings (SSSR count). The normalized spacial score (nSPS) is 13.3. The molecule has 1 aliphatic rings. The van der Waals surface area contributed by atoms with Gasteiger partial charge in [0.15, 0.2) is 11.5 Å². The van der Waals surface area contributed by atoms with Crippen molar-refractivity contribution in [2.75, 3.05) is 6.79 Å². The van der Waals surface area contributed by atoms with Gasteiger partial charge in [-0.25, -0.2) is 9.37 Å². The number of ether oxygens (including phenoxy) is 4. The van der Waals surface area contributed by atoms with Gasteiger partial charge >= 0.3 is 0 Å². The molecule has 2 N–H and O–H groups in total. The third-order valence-electron chi connectivity index (χ3n) is 5.35. The number of rotatable bonds is 8. The average molecular weight is 468 g/mol. The second-order valence-electron chi connectivity index (χ2n) is 8.32. The number of fused-ring (bicyclic) bond motifs is 1. The molecule has 1 amide bonds. The smallest absolute Gasteiger partial charge is 0.257 e. The van der Waals surface area contributed by atoms with Gasteiger partial charge in [0.2, 0.25) is 12.7 Å². The molecule has 0 spiro atoms. The maximum absolute atomic E-state index is 14.6. The van der Waals surface area contributed by atoms with Crippen LogP contribution in [-0.4, -0.2) is 34.5 Å². The lowest BCUT2D eigenvalue weighted by atomic mass is 10.0. The first kappa shape index (κ1) is 23.3. The van der Waals surface area contributed by atoms with Crippen molar-refractivity contribution in [3.8, 4) is 28.9 Å². The Labute approximate surface area is 196 Å². The Kier molecular flexibility index (Phi) is 6.56. The minimum Gasteiger partial charge on any atom is -0.488 e. The highest BCUT2D eigenvalue weighted by Gasteiger charge is 2.24. The Bertz CT molecular complexity index is 1190. The first-order valence-corrected chi connectivity index (χ1v) is 10.7. The van der Waals surface area contributed by atoms with E-state index < -0.39 is 23.4 Å². The number of carbonyl (C=O) groups is 1. The Balaban J connectivity index is 1.42. The maximum Gasteiger partial charge on any atom is 0.257 e. The molecule has 178 valence electrons. The lowest BCUT2D eigenvalue weighted by Gasteiger charge is -2.26. The van der Waals surface area contributed by atoms with Gasteiger partial charge < -0.3 is 29.4 Å². The summed E-state index contributed by atoms with van der Waals surface area (Å²) in [5.41, 5.74) is -0.606. The fourth-order valence-corrected chi connectivity index (χ4v) is 3.06. The first-order chi connectivity index (χ1) is 16.2. The van der Waals surface area contributed by atoms with Crippen LogP contribution in [0.4, 0.5) is 4.39 Å². The standard InChI is InChI=1S/C25H25FN2O6/c1-15(25(2,3)30)33-17-7-6-16(20(26)11-17)13-28-23(29)19-5-4-10-27-24(19)34-18-8-9-21-22(12-18)32-14-31-21/h4-12,15,30H,13-14H2,1-3H3,(H,28,29)/t15-/m1/s1. The topological polar surface area (TPSA) is 99.1 Å². The number of benzene rings is 2. The van der Waals surface area contributed by atoms with Crippen LogP contribution in [0.5, 0.6) is 28.9 Å². The summed E-state index contributed by atoms with van der Waals surface area (Å²) in [6, 6.07) is 12.5. The summed E-state index contributed by atoms with van der Waals surface area (Å²) in [5, 5.41) is 12.7. The minimum absolute atomic E-state index is 0.0512. The second-order valence-corrected chi connectivity index (χ2v) is 8.32. The molecule has 0 saturated carbocycles. The summed E-state index contributed by atoms with van der Waals surface area (Å²) in [6.07, 6.45) is 0.970. The molecule has 1 aliphatic heterocycles. The zero-order valence-corrected chi connectivity index (χ0v) is 19.0. The molecule has 8 nitrogen and oxygen atoms in total. The van der Waals surface area contributed by atoms with Crippen molar-refractivity contribution in [1.29, 1.82) is 0 Å². The van der Waals surface area contributed by atoms with Crippen molar-refractivity contribution in [1.82, 2.24) is 10.3 Å². The molecule has 9 heteroatoms. The second kappa shape index (κ2) is 9.56. The quantitative estimate of drug-likeness (QED) is 0.511. The van der Waals surface area contributed by atoms with Crippen LogP contribution in [-0.2, 0) is 6.54 Å². The zero-order chi connectivity index (χ0) is 24.3. The molecule has 0 aliphatic carbocycles. The van der Waals surface area contributed by atoms with Crippen molar-refractivity contribution in [2.24, 2.45) is 0 Å². The highest BCUT2D eigenvalue weighted by molar-refractivity contribution is 5.96. The van der Waals surface area contributed by atoms with E-state index in [1.165, 1.54) is 18.3 Å². The van der Waals surface area contributed by atoms with Crippen LogP contribution in [0.2, 0.25) is 0 Å². The molecule has 0 unspecified atom stereocenters. The van der Waals surface area contributed by atoms with E-state index in [2.05, 4.69) is 10.3 Å². The predicted octanol–water partition coefficient (Wildman–Crippen LogP) is 4.21. The van der Waals surface area contributed by atoms with Gasteiger partial charge in [0.1, 0.15) is 29.0 Å². The number of halogens is 1. The molecule has 2 heterocycles. The van der Waals surface area contributed by atoms with Crippen molar-refractivity contribution < 1.29 is 33.2 Å². The van der Waals surface area contributed by atoms with Gasteiger partial charge in [0.25, 0.3) is 5.91 Å². The lowest BCUT2D eigenvalue weighted by Crippen LogP contribution is -2.37. The molecule has 0 saturated heterocycles. The first-order valence-electron chi connectivity index (χ1n) is 10.7. The Morgan fingerprint density at radius 3 is 2.71 bits per heavy atom. The number of aliphatic hydroxyl groups is 1. The number of nitrogens with one attached hydrogen (secondary N) is 1. The van der Waals surface area contributed by atoms with Crippen molar-refractivity contribution in [3.05, 3.63) is 71.7 Å². The maximum atomic E-state index is 14.6. The van der Waals surface area contributed by atoms with E-state index in [1.54, 1.807) is 57.2 Å². The van der Waals surface area contributed by atoms with Gasteiger partial charge in [-0.1, -0.05) is 6.07 Å². The van der Waals surface area contributed by atoms with Crippen LogP contribution in [0.3, 0.4) is 0 Å². The fourth-order valence-electron chi connectivity index (χ4n) is 3.06. The van der Waals surface area contributed by atoms with Crippen molar-refractivity contribution >= 4 is 5.91 Å². The minimum atomic E-state index is -1.08. The molecule has 3 aromatic rings. The van der Waals surface area contributed by atoms with Crippen LogP contribution >= 0.6 is 0 Å². The van der Waals surface area contributed by atoms with Gasteiger partial charge in [0, 0.05) is 30.4 Å². The van der Waals surface area contributed by atoms with Crippen LogP contribution < -0.4 is 24.3 Å². The monoisotopic (exact) mass is 468 g/mol. The van der Waals surface area contributed by atoms with Gasteiger partial charge in [-0.2, -0.15) is 0 Å². The largest absolute Gasteiger partial charge is 0.488 e. The van der Waals surface area contributed by atoms with Gasteiger partial charge in [-0.15, -0.1) is 0 Å². The average Bonchev–Trinajstić information content (AvgIpc) is 3.26. The molecule has 1 aromatic heterocycles. The van der Waals surface area contributed by atoms with Crippen LogP contribution in [0, 0.1) is 5.82 Å². The van der Waals surface area contributed by atoms with Crippen molar-refractivity contribution in [2.45, 2.75) is 39.0 Å². The molecule has 0 bridgehead atoms. The molecule has 1 atom stereocenters. The van der Waals surface area contributed by atoms with E-state index >= 15 is 0 Å². The van der Waals surface area contributed by atoms with Gasteiger partial charge in [-0.05, 0) is 51.1 Å². The van der Waals surface area contributed by atoms with E-state index in [0.717, 1.165) is 0 Å². The van der Waals surface area contributed by atoms with E-state index in [-0.39, 0.29) is 36.1 Å². The van der Waals surface area contributed by atoms with Crippen molar-refractivity contribution in [3.63, 3.8) is 0 Å².